The lowest BCUT2D eigenvalue weighted by Crippen LogP contribution is -2.37. The molecule has 0 spiro atoms. The highest BCUT2D eigenvalue weighted by Crippen LogP contribution is 2.26. The van der Waals surface area contributed by atoms with Crippen LogP contribution in [0.4, 0.5) is 0 Å². The third kappa shape index (κ3) is 3.32. The quantitative estimate of drug-likeness (QED) is 0.836. The molecule has 18 heavy (non-hydrogen) atoms. The van der Waals surface area contributed by atoms with Crippen LogP contribution in [0.2, 0.25) is 0 Å². The van der Waals surface area contributed by atoms with E-state index in [-0.39, 0.29) is 6.04 Å². The molecule has 1 atom stereocenters. The van der Waals surface area contributed by atoms with Crippen LogP contribution >= 0.6 is 11.3 Å². The smallest absolute Gasteiger partial charge is 0.252 e. The van der Waals surface area contributed by atoms with Gasteiger partial charge in [-0.05, 0) is 38.4 Å². The molecule has 2 N–H and O–H groups in total. The molecule has 0 aliphatic heterocycles. The zero-order chi connectivity index (χ0) is 13.8. The van der Waals surface area contributed by atoms with Gasteiger partial charge in [-0.1, -0.05) is 13.8 Å². The van der Waals surface area contributed by atoms with E-state index in [0.29, 0.717) is 17.3 Å². The summed E-state index contributed by atoms with van der Waals surface area (Å²) in [6.45, 7) is 6.86. The van der Waals surface area contributed by atoms with Gasteiger partial charge in [0.1, 0.15) is 4.21 Å². The molecular formula is C12H22N2O2S2. The normalized spacial score (nSPS) is 14.1. The van der Waals surface area contributed by atoms with Crippen LogP contribution in [0, 0.1) is 0 Å². The second-order valence-corrected chi connectivity index (χ2v) is 7.51. The third-order valence-electron chi connectivity index (χ3n) is 2.98. The Morgan fingerprint density at radius 1 is 1.39 bits per heavy atom. The second kappa shape index (κ2) is 6.65. The average molecular weight is 290 g/mol. The molecule has 4 nitrogen and oxygen atoms in total. The van der Waals surface area contributed by atoms with E-state index in [9.17, 15) is 8.42 Å². The maximum absolute atomic E-state index is 12.5. The zero-order valence-electron chi connectivity index (χ0n) is 11.2. The van der Waals surface area contributed by atoms with Crippen molar-refractivity contribution in [1.29, 1.82) is 0 Å². The zero-order valence-corrected chi connectivity index (χ0v) is 12.9. The van der Waals surface area contributed by atoms with Crippen molar-refractivity contribution in [2.24, 2.45) is 5.73 Å². The molecule has 1 aromatic heterocycles. The van der Waals surface area contributed by atoms with Gasteiger partial charge in [0.25, 0.3) is 10.0 Å². The van der Waals surface area contributed by atoms with Crippen LogP contribution < -0.4 is 5.73 Å². The van der Waals surface area contributed by atoms with Crippen LogP contribution in [0.25, 0.3) is 0 Å². The Hall–Kier alpha value is -0.430. The molecule has 0 aliphatic rings. The van der Waals surface area contributed by atoms with Gasteiger partial charge in [-0.2, -0.15) is 4.31 Å². The molecule has 1 rings (SSSR count). The van der Waals surface area contributed by atoms with Crippen LogP contribution in [0.1, 0.15) is 32.1 Å². The lowest BCUT2D eigenvalue weighted by atomic mass is 10.3. The maximum atomic E-state index is 12.5. The molecule has 104 valence electrons. The Labute approximate surface area is 114 Å². The molecule has 1 aromatic rings. The topological polar surface area (TPSA) is 63.4 Å². The molecule has 0 saturated heterocycles. The van der Waals surface area contributed by atoms with Gasteiger partial charge in [0.15, 0.2) is 0 Å². The monoisotopic (exact) mass is 290 g/mol. The predicted octanol–water partition coefficient (Wildman–Crippen LogP) is 2.06. The summed E-state index contributed by atoms with van der Waals surface area (Å²) in [6, 6.07) is 3.57. The molecule has 1 heterocycles. The van der Waals surface area contributed by atoms with Gasteiger partial charge in [-0.25, -0.2) is 8.42 Å². The van der Waals surface area contributed by atoms with Gasteiger partial charge in [-0.3, -0.25) is 0 Å². The van der Waals surface area contributed by atoms with Crippen LogP contribution in [0.15, 0.2) is 16.3 Å². The van der Waals surface area contributed by atoms with Crippen LogP contribution in [0.3, 0.4) is 0 Å². The first-order valence-electron chi connectivity index (χ1n) is 6.28. The summed E-state index contributed by atoms with van der Waals surface area (Å²) in [5.74, 6) is 0. The van der Waals surface area contributed by atoms with Crippen molar-refractivity contribution >= 4 is 21.4 Å². The van der Waals surface area contributed by atoms with E-state index in [1.807, 2.05) is 26.8 Å². The van der Waals surface area contributed by atoms with Crippen LogP contribution in [-0.2, 0) is 16.4 Å². The Morgan fingerprint density at radius 2 is 2.06 bits per heavy atom. The minimum absolute atomic E-state index is 0.0278. The number of nitrogens with zero attached hydrogens (tertiary/aromatic N) is 1. The van der Waals surface area contributed by atoms with Gasteiger partial charge in [0.05, 0.1) is 0 Å². The number of hydrogen-bond donors (Lipinski definition) is 1. The molecule has 6 heteroatoms. The summed E-state index contributed by atoms with van der Waals surface area (Å²) in [7, 11) is -3.35. The standard InChI is InChI=1S/C12H22N2O2S2/c1-4-10(3)14(5-2)18(15,16)12-7-6-11(17-12)8-9-13/h6-7,10H,4-5,8-9,13H2,1-3H3. The number of nitrogens with two attached hydrogens (primary N) is 1. The summed E-state index contributed by atoms with van der Waals surface area (Å²) in [4.78, 5) is 1.02. The van der Waals surface area contributed by atoms with Gasteiger partial charge >= 0.3 is 0 Å². The second-order valence-electron chi connectivity index (χ2n) is 4.23. The van der Waals surface area contributed by atoms with Crippen molar-refractivity contribution in [3.8, 4) is 0 Å². The first-order chi connectivity index (χ1) is 8.47. The fraction of sp³-hybridized carbons (Fsp3) is 0.667. The first kappa shape index (κ1) is 15.6. The van der Waals surface area contributed by atoms with E-state index in [1.165, 1.54) is 11.3 Å². The highest BCUT2D eigenvalue weighted by molar-refractivity contribution is 7.91. The fourth-order valence-electron chi connectivity index (χ4n) is 1.81. The molecule has 0 bridgehead atoms. The van der Waals surface area contributed by atoms with Crippen molar-refractivity contribution in [1.82, 2.24) is 4.31 Å². The van der Waals surface area contributed by atoms with E-state index in [0.717, 1.165) is 17.7 Å². The Bertz CT molecular complexity index is 468. The van der Waals surface area contributed by atoms with E-state index in [1.54, 1.807) is 10.4 Å². The lowest BCUT2D eigenvalue weighted by Gasteiger charge is -2.25. The Morgan fingerprint density at radius 3 is 2.56 bits per heavy atom. The van der Waals surface area contributed by atoms with Crippen LogP contribution in [0.5, 0.6) is 0 Å². The molecule has 0 radical (unpaired) electrons. The number of sulfonamides is 1. The van der Waals surface area contributed by atoms with E-state index in [2.05, 4.69) is 0 Å². The molecule has 0 saturated carbocycles. The summed E-state index contributed by atoms with van der Waals surface area (Å²) in [5, 5.41) is 0. The summed E-state index contributed by atoms with van der Waals surface area (Å²) in [6.07, 6.45) is 1.55. The van der Waals surface area contributed by atoms with Crippen LogP contribution in [-0.4, -0.2) is 31.9 Å². The van der Waals surface area contributed by atoms with Crippen molar-refractivity contribution < 1.29 is 8.42 Å². The Kier molecular flexibility index (Phi) is 5.78. The Balaban J connectivity index is 3.03. The predicted molar refractivity (Wildman–Crippen MR) is 76.4 cm³/mol. The minimum Gasteiger partial charge on any atom is -0.330 e. The van der Waals surface area contributed by atoms with Gasteiger partial charge in [0, 0.05) is 17.5 Å². The number of thiophene rings is 1. The number of rotatable bonds is 7. The largest absolute Gasteiger partial charge is 0.330 e. The molecule has 1 unspecified atom stereocenters. The van der Waals surface area contributed by atoms with E-state index in [4.69, 9.17) is 5.73 Å². The average Bonchev–Trinajstić information content (AvgIpc) is 2.79. The summed E-state index contributed by atoms with van der Waals surface area (Å²) < 4.78 is 27.0. The highest BCUT2D eigenvalue weighted by atomic mass is 32.2. The van der Waals surface area contributed by atoms with Crippen molar-refractivity contribution in [2.45, 2.75) is 43.9 Å². The highest BCUT2D eigenvalue weighted by Gasteiger charge is 2.28. The van der Waals surface area contributed by atoms with E-state index >= 15 is 0 Å². The van der Waals surface area contributed by atoms with E-state index < -0.39 is 10.0 Å². The third-order valence-corrected chi connectivity index (χ3v) is 6.69. The SMILES string of the molecule is CCC(C)N(CC)S(=O)(=O)c1ccc(CCN)s1. The molecule has 0 fully saturated rings. The molecule has 0 amide bonds. The van der Waals surface area contributed by atoms with Gasteiger partial charge in [-0.15, -0.1) is 11.3 Å². The van der Waals surface area contributed by atoms with Crippen molar-refractivity contribution in [3.05, 3.63) is 17.0 Å². The lowest BCUT2D eigenvalue weighted by molar-refractivity contribution is 0.343. The summed E-state index contributed by atoms with van der Waals surface area (Å²) >= 11 is 1.33. The van der Waals surface area contributed by atoms with Crippen molar-refractivity contribution in [3.63, 3.8) is 0 Å². The first-order valence-corrected chi connectivity index (χ1v) is 8.53. The van der Waals surface area contributed by atoms with Gasteiger partial charge in [0.2, 0.25) is 0 Å². The fourth-order valence-corrected chi connectivity index (χ4v) is 5.03. The number of hydrogen-bond acceptors (Lipinski definition) is 4. The molecular weight excluding hydrogens is 268 g/mol. The summed E-state index contributed by atoms with van der Waals surface area (Å²) in [5.41, 5.74) is 5.48. The molecule has 0 aromatic carbocycles. The minimum atomic E-state index is -3.35. The maximum Gasteiger partial charge on any atom is 0.252 e. The van der Waals surface area contributed by atoms with Gasteiger partial charge < -0.3 is 5.73 Å². The van der Waals surface area contributed by atoms with Crippen molar-refractivity contribution in [2.75, 3.05) is 13.1 Å². The molecule has 0 aliphatic carbocycles.